The smallest absolute Gasteiger partial charge is 0.305 e. The van der Waals surface area contributed by atoms with Gasteiger partial charge in [-0.05, 0) is 43.4 Å². The third kappa shape index (κ3) is 5.59. The maximum absolute atomic E-state index is 13.3. The Kier molecular flexibility index (Phi) is 7.54. The Labute approximate surface area is 239 Å². The number of hydrogen-bond acceptors (Lipinski definition) is 7. The summed E-state index contributed by atoms with van der Waals surface area (Å²) in [6.45, 7) is 2.15. The van der Waals surface area contributed by atoms with Crippen molar-refractivity contribution in [1.82, 2.24) is 0 Å². The lowest BCUT2D eigenvalue weighted by Crippen LogP contribution is -2.49. The van der Waals surface area contributed by atoms with Gasteiger partial charge in [-0.1, -0.05) is 66.7 Å². The van der Waals surface area contributed by atoms with Gasteiger partial charge in [-0.2, -0.15) is 0 Å². The Bertz CT molecular complexity index is 1450. The van der Waals surface area contributed by atoms with Crippen molar-refractivity contribution in [3.63, 3.8) is 0 Å². The summed E-state index contributed by atoms with van der Waals surface area (Å²) in [6.07, 6.45) is 6.11. The van der Waals surface area contributed by atoms with Crippen LogP contribution in [0.4, 0.5) is 0 Å². The molecule has 0 aromatic heterocycles. The molecule has 3 aromatic carbocycles. The largest absolute Gasteiger partial charge is 0.507 e. The molecule has 1 fully saturated rings. The second-order valence-corrected chi connectivity index (χ2v) is 10.9. The number of benzene rings is 3. The van der Waals surface area contributed by atoms with E-state index >= 15 is 0 Å². The fourth-order valence-corrected chi connectivity index (χ4v) is 6.20. The molecule has 7 nitrogen and oxygen atoms in total. The van der Waals surface area contributed by atoms with Gasteiger partial charge in [0.25, 0.3) is 0 Å². The van der Waals surface area contributed by atoms with E-state index in [2.05, 4.69) is 0 Å². The number of phenols is 1. The molecule has 3 heterocycles. The maximum atomic E-state index is 13.3. The van der Waals surface area contributed by atoms with E-state index in [1.54, 1.807) is 13.0 Å². The monoisotopic (exact) mass is 554 g/mol. The van der Waals surface area contributed by atoms with Crippen LogP contribution in [0.2, 0.25) is 0 Å². The summed E-state index contributed by atoms with van der Waals surface area (Å²) in [4.78, 5) is 25.3. The van der Waals surface area contributed by atoms with Crippen LogP contribution < -0.4 is 9.47 Å². The summed E-state index contributed by atoms with van der Waals surface area (Å²) in [5.41, 5.74) is 2.75. The first-order valence-corrected chi connectivity index (χ1v) is 14.4. The number of ether oxygens (including phenoxy) is 4. The zero-order valence-corrected chi connectivity index (χ0v) is 23.1. The summed E-state index contributed by atoms with van der Waals surface area (Å²) in [7, 11) is 0. The molecule has 0 radical (unpaired) electrons. The zero-order chi connectivity index (χ0) is 28.4. The highest BCUT2D eigenvalue weighted by Crippen LogP contribution is 2.56. The fraction of sp³-hybridized carbons (Fsp3) is 0.353. The van der Waals surface area contributed by atoms with Crippen molar-refractivity contribution in [2.45, 2.75) is 69.4 Å². The molecule has 0 amide bonds. The van der Waals surface area contributed by atoms with E-state index in [9.17, 15) is 14.7 Å². The maximum Gasteiger partial charge on any atom is 0.305 e. The lowest BCUT2D eigenvalue weighted by molar-refractivity contribution is -0.220. The second-order valence-electron chi connectivity index (χ2n) is 10.9. The van der Waals surface area contributed by atoms with Crippen molar-refractivity contribution in [2.24, 2.45) is 0 Å². The van der Waals surface area contributed by atoms with E-state index in [-0.39, 0.29) is 41.5 Å². The molecule has 1 N–H and O–H groups in total. The molecule has 3 aromatic rings. The highest BCUT2D eigenvalue weighted by Gasteiger charge is 2.49. The Hall–Kier alpha value is -4.10. The first kappa shape index (κ1) is 27.1. The molecule has 2 bridgehead atoms. The molecule has 3 aliphatic rings. The first-order chi connectivity index (χ1) is 19.9. The summed E-state index contributed by atoms with van der Waals surface area (Å²) < 4.78 is 24.5. The Morgan fingerprint density at radius 2 is 1.85 bits per heavy atom. The number of Topliss-reactive ketones (excluding diaryl/α,β-unsaturated/α-hetero) is 1. The van der Waals surface area contributed by atoms with Gasteiger partial charge in [-0.15, -0.1) is 0 Å². The van der Waals surface area contributed by atoms with Crippen LogP contribution in [0.5, 0.6) is 17.2 Å². The van der Waals surface area contributed by atoms with Crippen molar-refractivity contribution < 1.29 is 33.6 Å². The minimum atomic E-state index is -1.07. The Morgan fingerprint density at radius 1 is 1.10 bits per heavy atom. The average molecular weight is 555 g/mol. The van der Waals surface area contributed by atoms with E-state index in [1.165, 1.54) is 0 Å². The van der Waals surface area contributed by atoms with E-state index in [0.717, 1.165) is 11.1 Å². The van der Waals surface area contributed by atoms with Crippen molar-refractivity contribution >= 4 is 17.8 Å². The quantitative estimate of drug-likeness (QED) is 0.303. The van der Waals surface area contributed by atoms with Gasteiger partial charge in [-0.3, -0.25) is 9.59 Å². The molecule has 0 aliphatic carbocycles. The molecule has 212 valence electrons. The molecule has 0 spiro atoms. The number of esters is 1. The Balaban J connectivity index is 1.33. The fourth-order valence-electron chi connectivity index (χ4n) is 6.20. The van der Waals surface area contributed by atoms with Gasteiger partial charge >= 0.3 is 5.97 Å². The molecule has 7 heteroatoms. The van der Waals surface area contributed by atoms with Gasteiger partial charge in [0.05, 0.1) is 19.1 Å². The van der Waals surface area contributed by atoms with Crippen LogP contribution in [0, 0.1) is 0 Å². The predicted octanol–water partition coefficient (Wildman–Crippen LogP) is 6.90. The highest BCUT2D eigenvalue weighted by molar-refractivity contribution is 6.03. The summed E-state index contributed by atoms with van der Waals surface area (Å²) in [6, 6.07) is 21.3. The molecule has 1 saturated heterocycles. The van der Waals surface area contributed by atoms with Crippen LogP contribution in [0.25, 0.3) is 6.08 Å². The SMILES string of the molecule is CCOC(=O)CCC[C@@H]1C[C@H]2C[C@](/C=C/c3ccccc3)(Oc3cc4c(c(O)c32)C(=O)C[C@H](c2ccccc2)O4)O1. The molecule has 4 atom stereocenters. The third-order valence-electron chi connectivity index (χ3n) is 8.03. The number of phenolic OH excluding ortho intramolecular Hbond substituents is 1. The molecular formula is C34H34O7. The first-order valence-electron chi connectivity index (χ1n) is 14.4. The zero-order valence-electron chi connectivity index (χ0n) is 23.1. The number of rotatable bonds is 8. The lowest BCUT2D eigenvalue weighted by atomic mass is 9.78. The lowest BCUT2D eigenvalue weighted by Gasteiger charge is -2.47. The predicted molar refractivity (Wildman–Crippen MR) is 153 cm³/mol. The third-order valence-corrected chi connectivity index (χ3v) is 8.03. The van der Waals surface area contributed by atoms with E-state index in [1.807, 2.05) is 72.8 Å². The van der Waals surface area contributed by atoms with Gasteiger partial charge in [0, 0.05) is 30.4 Å². The van der Waals surface area contributed by atoms with Gasteiger partial charge in [0.1, 0.15) is 28.9 Å². The van der Waals surface area contributed by atoms with Crippen LogP contribution in [0.1, 0.15) is 84.5 Å². The molecule has 0 unspecified atom stereocenters. The Morgan fingerprint density at radius 3 is 2.61 bits per heavy atom. The summed E-state index contributed by atoms with van der Waals surface area (Å²) >= 11 is 0. The van der Waals surface area contributed by atoms with Crippen LogP contribution in [-0.2, 0) is 14.3 Å². The van der Waals surface area contributed by atoms with E-state index in [4.69, 9.17) is 18.9 Å². The van der Waals surface area contributed by atoms with Crippen LogP contribution in [0.15, 0.2) is 72.8 Å². The van der Waals surface area contributed by atoms with Crippen LogP contribution in [0.3, 0.4) is 0 Å². The average Bonchev–Trinajstić information content (AvgIpc) is 2.96. The molecule has 3 aliphatic heterocycles. The van der Waals surface area contributed by atoms with Gasteiger partial charge in [-0.25, -0.2) is 0 Å². The highest BCUT2D eigenvalue weighted by atomic mass is 16.7. The van der Waals surface area contributed by atoms with E-state index < -0.39 is 11.9 Å². The molecule has 6 rings (SSSR count). The van der Waals surface area contributed by atoms with Crippen LogP contribution >= 0.6 is 0 Å². The normalized spacial score (nSPS) is 24.6. The molecule has 0 saturated carbocycles. The van der Waals surface area contributed by atoms with Crippen molar-refractivity contribution in [3.8, 4) is 17.2 Å². The number of ketones is 1. The van der Waals surface area contributed by atoms with Gasteiger partial charge in [0.2, 0.25) is 5.79 Å². The standard InChI is InChI=1S/C34H34O7/c1-2-38-30(36)15-9-14-25-18-24-21-34(40-25,17-16-22-10-5-3-6-11-22)41-29-20-28-32(33(37)31(24)29)26(35)19-27(39-28)23-12-7-4-8-13-23/h3-8,10-13,16-17,20,24-25,27,37H,2,9,14-15,18-19,21H2,1H3/b17-16+/t24-,25+,27+,34-/m0/s1. The van der Waals surface area contributed by atoms with E-state index in [0.29, 0.717) is 55.8 Å². The van der Waals surface area contributed by atoms with Crippen molar-refractivity contribution in [3.05, 3.63) is 95.1 Å². The summed E-state index contributed by atoms with van der Waals surface area (Å²) in [5.74, 6) is -0.837. The second kappa shape index (κ2) is 11.4. The molecular weight excluding hydrogens is 520 g/mol. The van der Waals surface area contributed by atoms with Crippen LogP contribution in [-0.4, -0.2) is 35.4 Å². The minimum absolute atomic E-state index is 0.0631. The van der Waals surface area contributed by atoms with Crippen molar-refractivity contribution in [1.29, 1.82) is 0 Å². The number of carbonyl (C=O) groups is 2. The number of fused-ring (bicyclic) bond motifs is 5. The topological polar surface area (TPSA) is 91.3 Å². The van der Waals surface area contributed by atoms with Crippen molar-refractivity contribution in [2.75, 3.05) is 6.61 Å². The van der Waals surface area contributed by atoms with Gasteiger partial charge in [0.15, 0.2) is 5.78 Å². The summed E-state index contributed by atoms with van der Waals surface area (Å²) in [5, 5.41) is 11.5. The van der Waals surface area contributed by atoms with Gasteiger partial charge < -0.3 is 24.1 Å². The number of hydrogen-bond donors (Lipinski definition) is 1. The molecule has 41 heavy (non-hydrogen) atoms. The number of carbonyl (C=O) groups excluding carboxylic acids is 2. The number of aromatic hydroxyl groups is 1. The minimum Gasteiger partial charge on any atom is -0.507 e.